The minimum absolute atomic E-state index is 1.25. The average molecular weight is 212 g/mol. The SMILES string of the molecule is C[SiH](O[Si](C)(C)O)c1ccccc1. The molecular weight excluding hydrogens is 196 g/mol. The van der Waals surface area contributed by atoms with Gasteiger partial charge in [-0.05, 0) is 24.8 Å². The van der Waals surface area contributed by atoms with Crippen LogP contribution in [0.4, 0.5) is 0 Å². The fraction of sp³-hybridized carbons (Fsp3) is 0.333. The molecular formula is C9H16O2Si2. The number of hydrogen-bond donors (Lipinski definition) is 1. The van der Waals surface area contributed by atoms with E-state index in [1.165, 1.54) is 5.19 Å². The van der Waals surface area contributed by atoms with Crippen molar-refractivity contribution in [3.8, 4) is 0 Å². The monoisotopic (exact) mass is 212 g/mol. The van der Waals surface area contributed by atoms with Crippen LogP contribution in [0.1, 0.15) is 0 Å². The zero-order chi connectivity index (χ0) is 9.90. The van der Waals surface area contributed by atoms with Gasteiger partial charge in [0.15, 0.2) is 9.04 Å². The Morgan fingerprint density at radius 1 is 1.23 bits per heavy atom. The molecule has 0 saturated carbocycles. The van der Waals surface area contributed by atoms with Crippen LogP contribution in [0, 0.1) is 0 Å². The van der Waals surface area contributed by atoms with E-state index in [0.29, 0.717) is 0 Å². The second kappa shape index (κ2) is 4.19. The van der Waals surface area contributed by atoms with Crippen molar-refractivity contribution in [2.24, 2.45) is 0 Å². The molecule has 0 aliphatic rings. The Labute approximate surface area is 82.2 Å². The molecule has 0 aliphatic carbocycles. The normalized spacial score (nSPS) is 14.2. The summed E-state index contributed by atoms with van der Waals surface area (Å²) in [4.78, 5) is 9.60. The van der Waals surface area contributed by atoms with E-state index < -0.39 is 17.6 Å². The molecule has 0 spiro atoms. The largest absolute Gasteiger partial charge is 0.435 e. The summed E-state index contributed by atoms with van der Waals surface area (Å²) in [6.07, 6.45) is 0. The maximum Gasteiger partial charge on any atom is 0.318 e. The fourth-order valence-electron chi connectivity index (χ4n) is 1.22. The molecule has 2 nitrogen and oxygen atoms in total. The number of benzene rings is 1. The molecule has 0 bridgehead atoms. The molecule has 0 saturated heterocycles. The molecule has 72 valence electrons. The maximum atomic E-state index is 9.60. The molecule has 4 heteroatoms. The van der Waals surface area contributed by atoms with E-state index in [-0.39, 0.29) is 0 Å². The molecule has 13 heavy (non-hydrogen) atoms. The summed E-state index contributed by atoms with van der Waals surface area (Å²) in [6.45, 7) is 5.71. The smallest absolute Gasteiger partial charge is 0.318 e. The molecule has 1 N–H and O–H groups in total. The van der Waals surface area contributed by atoms with Crippen LogP contribution in [-0.2, 0) is 4.12 Å². The maximum absolute atomic E-state index is 9.60. The summed E-state index contributed by atoms with van der Waals surface area (Å²) in [6, 6.07) is 10.1. The van der Waals surface area contributed by atoms with Gasteiger partial charge >= 0.3 is 8.56 Å². The number of rotatable bonds is 3. The topological polar surface area (TPSA) is 29.5 Å². The minimum atomic E-state index is -2.34. The van der Waals surface area contributed by atoms with Gasteiger partial charge in [0.05, 0.1) is 0 Å². The second-order valence-electron chi connectivity index (χ2n) is 3.62. The second-order valence-corrected chi connectivity index (χ2v) is 9.40. The van der Waals surface area contributed by atoms with Crippen molar-refractivity contribution in [3.63, 3.8) is 0 Å². The fourth-order valence-corrected chi connectivity index (χ4v) is 5.99. The predicted molar refractivity (Wildman–Crippen MR) is 59.9 cm³/mol. The van der Waals surface area contributed by atoms with E-state index in [4.69, 9.17) is 4.12 Å². The highest BCUT2D eigenvalue weighted by molar-refractivity contribution is 6.78. The van der Waals surface area contributed by atoms with Gasteiger partial charge in [-0.15, -0.1) is 0 Å². The molecule has 0 aliphatic heterocycles. The third-order valence-corrected chi connectivity index (χ3v) is 6.78. The molecule has 1 atom stereocenters. The van der Waals surface area contributed by atoms with Gasteiger partial charge in [0, 0.05) is 0 Å². The molecule has 1 unspecified atom stereocenters. The summed E-state index contributed by atoms with van der Waals surface area (Å²) >= 11 is 0. The lowest BCUT2D eigenvalue weighted by Crippen LogP contribution is -2.42. The van der Waals surface area contributed by atoms with Gasteiger partial charge < -0.3 is 8.91 Å². The lowest BCUT2D eigenvalue weighted by atomic mass is 10.4. The molecule has 1 aromatic rings. The summed E-state index contributed by atoms with van der Waals surface area (Å²) < 4.78 is 5.66. The molecule has 0 amide bonds. The van der Waals surface area contributed by atoms with Crippen LogP contribution in [0.2, 0.25) is 19.6 Å². The van der Waals surface area contributed by atoms with Gasteiger partial charge in [-0.2, -0.15) is 0 Å². The van der Waals surface area contributed by atoms with Crippen LogP contribution in [-0.4, -0.2) is 22.4 Å². The number of hydrogen-bond acceptors (Lipinski definition) is 2. The van der Waals surface area contributed by atoms with Crippen molar-refractivity contribution in [1.29, 1.82) is 0 Å². The van der Waals surface area contributed by atoms with Crippen molar-refractivity contribution < 1.29 is 8.91 Å². The van der Waals surface area contributed by atoms with Crippen molar-refractivity contribution in [2.75, 3.05) is 0 Å². The lowest BCUT2D eigenvalue weighted by molar-refractivity contribution is 0.400. The van der Waals surface area contributed by atoms with E-state index in [1.54, 1.807) is 13.1 Å². The van der Waals surface area contributed by atoms with Gasteiger partial charge in [0.1, 0.15) is 0 Å². The van der Waals surface area contributed by atoms with Crippen LogP contribution in [0.25, 0.3) is 0 Å². The Balaban J connectivity index is 2.64. The quantitative estimate of drug-likeness (QED) is 0.756. The lowest BCUT2D eigenvalue weighted by Gasteiger charge is -2.20. The Kier molecular flexibility index (Phi) is 3.43. The van der Waals surface area contributed by atoms with E-state index in [9.17, 15) is 4.80 Å². The molecule has 0 aromatic heterocycles. The molecule has 0 fully saturated rings. The standard InChI is InChI=1S/C9H16O2Si2/c1-12(11-13(2,3)10)9-7-5-4-6-8-9/h4-8,10,12H,1-3H3. The van der Waals surface area contributed by atoms with Crippen LogP contribution in [0.15, 0.2) is 30.3 Å². The third-order valence-electron chi connectivity index (χ3n) is 1.73. The highest BCUT2D eigenvalue weighted by Crippen LogP contribution is 2.01. The highest BCUT2D eigenvalue weighted by Gasteiger charge is 2.23. The van der Waals surface area contributed by atoms with Gasteiger partial charge in [-0.1, -0.05) is 30.3 Å². The molecule has 0 heterocycles. The average Bonchev–Trinajstić information content (AvgIpc) is 2.03. The summed E-state index contributed by atoms with van der Waals surface area (Å²) in [5.74, 6) is 0. The van der Waals surface area contributed by atoms with Crippen LogP contribution in [0.3, 0.4) is 0 Å². The Bertz CT molecular complexity index is 256. The first kappa shape index (κ1) is 10.7. The third kappa shape index (κ3) is 3.86. The van der Waals surface area contributed by atoms with Crippen LogP contribution in [0.5, 0.6) is 0 Å². The van der Waals surface area contributed by atoms with Crippen molar-refractivity contribution in [2.45, 2.75) is 19.6 Å². The molecule has 1 aromatic carbocycles. The van der Waals surface area contributed by atoms with Gasteiger partial charge in [0.2, 0.25) is 0 Å². The van der Waals surface area contributed by atoms with Gasteiger partial charge in [-0.25, -0.2) is 0 Å². The molecule has 0 radical (unpaired) electrons. The zero-order valence-electron chi connectivity index (χ0n) is 8.32. The Morgan fingerprint density at radius 2 is 1.77 bits per heavy atom. The first-order valence-corrected chi connectivity index (χ1v) is 9.50. The van der Waals surface area contributed by atoms with Crippen LogP contribution >= 0.6 is 0 Å². The van der Waals surface area contributed by atoms with Crippen molar-refractivity contribution in [3.05, 3.63) is 30.3 Å². The van der Waals surface area contributed by atoms with Crippen molar-refractivity contribution in [1.82, 2.24) is 0 Å². The van der Waals surface area contributed by atoms with E-state index in [1.807, 2.05) is 18.2 Å². The highest BCUT2D eigenvalue weighted by atomic mass is 28.4. The Morgan fingerprint density at radius 3 is 2.23 bits per heavy atom. The predicted octanol–water partition coefficient (Wildman–Crippen LogP) is 0.958. The molecule has 1 rings (SSSR count). The van der Waals surface area contributed by atoms with E-state index in [2.05, 4.69) is 18.7 Å². The summed E-state index contributed by atoms with van der Waals surface area (Å²) in [5, 5.41) is 1.25. The summed E-state index contributed by atoms with van der Waals surface area (Å²) in [5.41, 5.74) is 0. The Hall–Kier alpha value is -0.426. The van der Waals surface area contributed by atoms with E-state index >= 15 is 0 Å². The van der Waals surface area contributed by atoms with E-state index in [0.717, 1.165) is 0 Å². The van der Waals surface area contributed by atoms with Gasteiger partial charge in [-0.3, -0.25) is 0 Å². The first-order chi connectivity index (χ1) is 5.99. The first-order valence-electron chi connectivity index (χ1n) is 4.44. The van der Waals surface area contributed by atoms with Gasteiger partial charge in [0.25, 0.3) is 0 Å². The van der Waals surface area contributed by atoms with Crippen LogP contribution < -0.4 is 5.19 Å². The summed E-state index contributed by atoms with van der Waals surface area (Å²) in [7, 11) is -3.72. The minimum Gasteiger partial charge on any atom is -0.435 e. The van der Waals surface area contributed by atoms with Crippen molar-refractivity contribution >= 4 is 22.8 Å². The zero-order valence-corrected chi connectivity index (χ0v) is 10.5.